The maximum atomic E-state index is 12.3. The average molecular weight is 456 g/mol. The minimum Gasteiger partial charge on any atom is -0.442 e. The summed E-state index contributed by atoms with van der Waals surface area (Å²) in [5.41, 5.74) is 1.25. The number of alkyl carbamates (subject to hydrolysis) is 1. The normalized spacial score (nSPS) is 41.9. The number of allylic oxidation sites excluding steroid dienone is 1. The fourth-order valence-corrected chi connectivity index (χ4v) is 8.18. The van der Waals surface area contributed by atoms with Gasteiger partial charge in [-0.2, -0.15) is 0 Å². The molecule has 4 aliphatic carbocycles. The van der Waals surface area contributed by atoms with Crippen molar-refractivity contribution in [2.24, 2.45) is 22.7 Å². The van der Waals surface area contributed by atoms with Gasteiger partial charge in [0.2, 0.25) is 0 Å². The highest BCUT2D eigenvalue weighted by Gasteiger charge is 2.66. The van der Waals surface area contributed by atoms with E-state index in [0.717, 1.165) is 56.9 Å². The summed E-state index contributed by atoms with van der Waals surface area (Å²) >= 11 is 0. The van der Waals surface area contributed by atoms with Gasteiger partial charge >= 0.3 is 11.7 Å². The van der Waals surface area contributed by atoms with E-state index in [1.54, 1.807) is 6.26 Å². The molecule has 0 aromatic carbocycles. The van der Waals surface area contributed by atoms with Crippen LogP contribution in [0.2, 0.25) is 0 Å². The zero-order valence-corrected chi connectivity index (χ0v) is 20.1. The minimum absolute atomic E-state index is 0.0543. The van der Waals surface area contributed by atoms with Gasteiger partial charge in [-0.25, -0.2) is 9.59 Å². The number of carbonyl (C=O) groups is 1. The lowest BCUT2D eigenvalue weighted by molar-refractivity contribution is -0.178. The fourth-order valence-electron chi connectivity index (χ4n) is 8.18. The van der Waals surface area contributed by atoms with Crippen LogP contribution in [0.5, 0.6) is 0 Å². The molecule has 0 bridgehead atoms. The van der Waals surface area contributed by atoms with Gasteiger partial charge in [0.25, 0.3) is 0 Å². The van der Waals surface area contributed by atoms with Crippen LogP contribution in [0.15, 0.2) is 39.3 Å². The first kappa shape index (κ1) is 22.7. The predicted molar refractivity (Wildman–Crippen MR) is 125 cm³/mol. The number of nitrogens with one attached hydrogen (secondary N) is 1. The molecule has 180 valence electrons. The minimum atomic E-state index is -0.709. The molecule has 1 heterocycles. The third-order valence-corrected chi connectivity index (χ3v) is 9.96. The Morgan fingerprint density at radius 2 is 1.97 bits per heavy atom. The van der Waals surface area contributed by atoms with Crippen molar-refractivity contribution in [1.82, 2.24) is 5.32 Å². The van der Waals surface area contributed by atoms with E-state index in [2.05, 4.69) is 25.2 Å². The molecule has 2 N–H and O–H groups in total. The maximum absolute atomic E-state index is 12.3. The summed E-state index contributed by atoms with van der Waals surface area (Å²) in [6, 6.07) is 3.39. The number of aliphatic hydroxyl groups is 1. The highest BCUT2D eigenvalue weighted by molar-refractivity contribution is 5.67. The third kappa shape index (κ3) is 3.39. The first-order valence-corrected chi connectivity index (χ1v) is 12.7. The van der Waals surface area contributed by atoms with Gasteiger partial charge in [-0.1, -0.05) is 19.4 Å². The van der Waals surface area contributed by atoms with Gasteiger partial charge in [0.15, 0.2) is 0 Å². The van der Waals surface area contributed by atoms with E-state index in [0.29, 0.717) is 12.5 Å². The molecule has 0 aliphatic heterocycles. The number of ether oxygens (including phenoxy) is 1. The van der Waals surface area contributed by atoms with Crippen molar-refractivity contribution < 1.29 is 19.1 Å². The Labute approximate surface area is 195 Å². The lowest BCUT2D eigenvalue weighted by Crippen LogP contribution is -2.60. The number of rotatable bonds is 3. The van der Waals surface area contributed by atoms with Crippen molar-refractivity contribution in [3.63, 3.8) is 0 Å². The van der Waals surface area contributed by atoms with Crippen LogP contribution in [0.3, 0.4) is 0 Å². The van der Waals surface area contributed by atoms with Crippen LogP contribution in [0.4, 0.5) is 4.79 Å². The van der Waals surface area contributed by atoms with Crippen LogP contribution >= 0.6 is 0 Å². The van der Waals surface area contributed by atoms with E-state index < -0.39 is 5.60 Å². The van der Waals surface area contributed by atoms with Crippen molar-refractivity contribution in [3.8, 4) is 0 Å². The molecule has 0 spiro atoms. The first-order valence-electron chi connectivity index (χ1n) is 12.7. The maximum Gasteiger partial charge on any atom is 0.407 e. The summed E-state index contributed by atoms with van der Waals surface area (Å²) in [6.07, 6.45) is 10.8. The monoisotopic (exact) mass is 455 g/mol. The molecule has 2 unspecified atom stereocenters. The van der Waals surface area contributed by atoms with E-state index in [1.165, 1.54) is 11.6 Å². The number of fused-ring (bicyclic) bond motifs is 5. The second kappa shape index (κ2) is 8.00. The fraction of sp³-hybridized carbons (Fsp3) is 0.704. The number of hydrogen-bond donors (Lipinski definition) is 2. The molecule has 33 heavy (non-hydrogen) atoms. The molecule has 1 aromatic rings. The van der Waals surface area contributed by atoms with Crippen molar-refractivity contribution in [1.29, 1.82) is 0 Å². The van der Waals surface area contributed by atoms with Gasteiger partial charge in [-0.3, -0.25) is 0 Å². The van der Waals surface area contributed by atoms with Gasteiger partial charge in [-0.15, -0.1) is 0 Å². The van der Waals surface area contributed by atoms with Crippen LogP contribution in [-0.4, -0.2) is 29.4 Å². The molecule has 6 heteroatoms. The molecule has 0 radical (unpaired) electrons. The molecule has 4 aliphatic rings. The first-order chi connectivity index (χ1) is 15.7. The van der Waals surface area contributed by atoms with E-state index in [4.69, 9.17) is 9.15 Å². The van der Waals surface area contributed by atoms with Gasteiger partial charge in [0, 0.05) is 18.0 Å². The lowest BCUT2D eigenvalue weighted by atomic mass is 9.45. The highest BCUT2D eigenvalue weighted by Crippen LogP contribution is 2.70. The van der Waals surface area contributed by atoms with Gasteiger partial charge in [-0.05, 0) is 99.2 Å². The zero-order valence-electron chi connectivity index (χ0n) is 20.1. The molecule has 5 rings (SSSR count). The smallest absolute Gasteiger partial charge is 0.407 e. The second-order valence-corrected chi connectivity index (χ2v) is 11.2. The molecule has 3 saturated carbocycles. The Morgan fingerprint density at radius 3 is 2.70 bits per heavy atom. The Bertz CT molecular complexity index is 996. The van der Waals surface area contributed by atoms with Crippen molar-refractivity contribution in [2.45, 2.75) is 89.8 Å². The molecule has 1 amide bonds. The number of hydrogen-bond acceptors (Lipinski definition) is 5. The SMILES string of the molecule is CCNC(=O)O[C@@H]1C=C2CCC3C(CC[C@]4(C)[C@@H](c5ccc(=O)oc5)CC[C@]34O)[C@@]2(C)CC1. The van der Waals surface area contributed by atoms with E-state index in [-0.39, 0.29) is 40.5 Å². The summed E-state index contributed by atoms with van der Waals surface area (Å²) in [7, 11) is 0. The summed E-state index contributed by atoms with van der Waals surface area (Å²) in [6.45, 7) is 7.10. The van der Waals surface area contributed by atoms with E-state index in [9.17, 15) is 14.7 Å². The van der Waals surface area contributed by atoms with E-state index >= 15 is 0 Å². The largest absolute Gasteiger partial charge is 0.442 e. The molecule has 0 saturated heterocycles. The standard InChI is InChI=1S/C27H37NO5/c1-4-28-24(30)33-19-9-12-25(2)18(15-19)6-7-22-21(25)10-13-26(3)20(11-14-27(22,26)31)17-5-8-23(29)32-16-17/h5,8,15-16,19-22,31H,4,6-7,9-14H2,1-3H3,(H,28,30)/t19-,20+,21?,22?,25-,26+,27-/m0/s1. The molecular weight excluding hydrogens is 418 g/mol. The Hall–Kier alpha value is -2.08. The van der Waals surface area contributed by atoms with Crippen LogP contribution in [0.1, 0.15) is 83.6 Å². The number of carbonyl (C=O) groups excluding carboxylic acids is 1. The van der Waals surface area contributed by atoms with E-state index in [1.807, 2.05) is 13.0 Å². The second-order valence-electron chi connectivity index (χ2n) is 11.2. The van der Waals surface area contributed by atoms with Gasteiger partial charge in [0.1, 0.15) is 6.10 Å². The summed E-state index contributed by atoms with van der Waals surface area (Å²) < 4.78 is 10.8. The molecule has 6 nitrogen and oxygen atoms in total. The lowest BCUT2D eigenvalue weighted by Gasteiger charge is -2.61. The molecule has 3 fully saturated rings. The van der Waals surface area contributed by atoms with Gasteiger partial charge < -0.3 is 19.6 Å². The van der Waals surface area contributed by atoms with Crippen LogP contribution in [0.25, 0.3) is 0 Å². The van der Waals surface area contributed by atoms with Crippen LogP contribution in [0, 0.1) is 22.7 Å². The topological polar surface area (TPSA) is 88.8 Å². The zero-order chi connectivity index (χ0) is 23.4. The molecule has 7 atom stereocenters. The quantitative estimate of drug-likeness (QED) is 0.632. The Balaban J connectivity index is 1.40. The third-order valence-electron chi connectivity index (χ3n) is 9.96. The van der Waals surface area contributed by atoms with Crippen LogP contribution < -0.4 is 10.9 Å². The predicted octanol–water partition coefficient (Wildman–Crippen LogP) is 4.92. The van der Waals surface area contributed by atoms with Crippen LogP contribution in [-0.2, 0) is 4.74 Å². The number of amides is 1. The summed E-state index contributed by atoms with van der Waals surface area (Å²) in [4.78, 5) is 23.4. The summed E-state index contributed by atoms with van der Waals surface area (Å²) in [5.74, 6) is 0.909. The molecular formula is C27H37NO5. The van der Waals surface area contributed by atoms with Gasteiger partial charge in [0.05, 0.1) is 11.9 Å². The summed E-state index contributed by atoms with van der Waals surface area (Å²) in [5, 5.41) is 15.0. The Morgan fingerprint density at radius 1 is 1.15 bits per heavy atom. The molecule has 1 aromatic heterocycles. The average Bonchev–Trinajstić information content (AvgIpc) is 3.06. The van der Waals surface area contributed by atoms with Crippen molar-refractivity contribution in [2.75, 3.05) is 6.54 Å². The highest BCUT2D eigenvalue weighted by atomic mass is 16.6. The Kier molecular flexibility index (Phi) is 5.50. The van der Waals surface area contributed by atoms with Crippen molar-refractivity contribution in [3.05, 3.63) is 46.0 Å². The van der Waals surface area contributed by atoms with Crippen molar-refractivity contribution >= 4 is 6.09 Å².